The Morgan fingerprint density at radius 2 is 2.25 bits per heavy atom. The van der Waals surface area contributed by atoms with Crippen LogP contribution in [-0.4, -0.2) is 29.7 Å². The molecule has 106 valence electrons. The summed E-state index contributed by atoms with van der Waals surface area (Å²) >= 11 is 0. The van der Waals surface area contributed by atoms with Crippen LogP contribution in [0.2, 0.25) is 0 Å². The first-order chi connectivity index (χ1) is 9.72. The minimum Gasteiger partial charge on any atom is -0.435 e. The van der Waals surface area contributed by atoms with Crippen LogP contribution in [0.25, 0.3) is 11.3 Å². The van der Waals surface area contributed by atoms with Gasteiger partial charge in [0.25, 0.3) is 0 Å². The first kappa shape index (κ1) is 13.1. The summed E-state index contributed by atoms with van der Waals surface area (Å²) in [5.74, 6) is 1.48. The minimum atomic E-state index is -2.81. The van der Waals surface area contributed by atoms with E-state index >= 15 is 0 Å². The second-order valence-electron chi connectivity index (χ2n) is 4.78. The van der Waals surface area contributed by atoms with Crippen LogP contribution in [0, 0.1) is 0 Å². The zero-order valence-corrected chi connectivity index (χ0v) is 10.8. The van der Waals surface area contributed by atoms with Gasteiger partial charge in [-0.2, -0.15) is 8.78 Å². The van der Waals surface area contributed by atoms with E-state index in [9.17, 15) is 8.78 Å². The SMILES string of the molecule is FC(F)Oc1cccc(-c2cnc(C3CCNC3)[nH]2)c1. The van der Waals surface area contributed by atoms with Crippen LogP contribution in [0.15, 0.2) is 30.5 Å². The molecule has 1 atom stereocenters. The highest BCUT2D eigenvalue weighted by Gasteiger charge is 2.19. The lowest BCUT2D eigenvalue weighted by Gasteiger charge is -2.06. The zero-order valence-electron chi connectivity index (χ0n) is 10.8. The van der Waals surface area contributed by atoms with Crippen LogP contribution in [0.3, 0.4) is 0 Å². The Morgan fingerprint density at radius 1 is 1.35 bits per heavy atom. The van der Waals surface area contributed by atoms with Crippen molar-refractivity contribution in [2.24, 2.45) is 0 Å². The van der Waals surface area contributed by atoms with E-state index in [2.05, 4.69) is 20.0 Å². The maximum Gasteiger partial charge on any atom is 0.387 e. The topological polar surface area (TPSA) is 49.9 Å². The van der Waals surface area contributed by atoms with Gasteiger partial charge in [0.2, 0.25) is 0 Å². The predicted molar refractivity (Wildman–Crippen MR) is 70.9 cm³/mol. The zero-order chi connectivity index (χ0) is 13.9. The number of imidazole rings is 1. The molecule has 20 heavy (non-hydrogen) atoms. The molecule has 0 amide bonds. The Hall–Kier alpha value is -1.95. The number of halogens is 2. The van der Waals surface area contributed by atoms with Gasteiger partial charge in [0.1, 0.15) is 11.6 Å². The fourth-order valence-corrected chi connectivity index (χ4v) is 2.42. The number of H-pyrrole nitrogens is 1. The summed E-state index contributed by atoms with van der Waals surface area (Å²) in [6, 6.07) is 6.61. The smallest absolute Gasteiger partial charge is 0.387 e. The Kier molecular flexibility index (Phi) is 3.64. The summed E-state index contributed by atoms with van der Waals surface area (Å²) in [7, 11) is 0. The number of hydrogen-bond acceptors (Lipinski definition) is 3. The molecule has 1 aromatic carbocycles. The molecule has 0 saturated carbocycles. The summed E-state index contributed by atoms with van der Waals surface area (Å²) in [6.45, 7) is -0.896. The lowest BCUT2D eigenvalue weighted by Crippen LogP contribution is -2.08. The number of aromatic nitrogens is 2. The molecule has 1 aromatic heterocycles. The fourth-order valence-electron chi connectivity index (χ4n) is 2.42. The van der Waals surface area contributed by atoms with Gasteiger partial charge in [-0.1, -0.05) is 12.1 Å². The highest BCUT2D eigenvalue weighted by molar-refractivity contribution is 5.60. The van der Waals surface area contributed by atoms with Gasteiger partial charge in [0.15, 0.2) is 0 Å². The van der Waals surface area contributed by atoms with E-state index in [4.69, 9.17) is 0 Å². The van der Waals surface area contributed by atoms with Gasteiger partial charge in [-0.15, -0.1) is 0 Å². The predicted octanol–water partition coefficient (Wildman–Crippen LogP) is 2.75. The molecule has 2 N–H and O–H groups in total. The maximum absolute atomic E-state index is 12.2. The van der Waals surface area contributed by atoms with Gasteiger partial charge in [-0.3, -0.25) is 0 Å². The number of alkyl halides is 2. The molecule has 6 heteroatoms. The van der Waals surface area contributed by atoms with Gasteiger partial charge in [-0.05, 0) is 25.1 Å². The summed E-state index contributed by atoms with van der Waals surface area (Å²) < 4.78 is 28.8. The Bertz CT molecular complexity index is 579. The summed E-state index contributed by atoms with van der Waals surface area (Å²) in [5, 5.41) is 3.29. The van der Waals surface area contributed by atoms with E-state index in [-0.39, 0.29) is 5.75 Å². The second-order valence-corrected chi connectivity index (χ2v) is 4.78. The third-order valence-electron chi connectivity index (χ3n) is 3.41. The molecular weight excluding hydrogens is 264 g/mol. The Balaban J connectivity index is 1.81. The number of rotatable bonds is 4. The molecule has 1 fully saturated rings. The van der Waals surface area contributed by atoms with E-state index in [1.165, 1.54) is 6.07 Å². The molecule has 1 aliphatic rings. The molecule has 1 saturated heterocycles. The third-order valence-corrected chi connectivity index (χ3v) is 3.41. The van der Waals surface area contributed by atoms with Crippen molar-refractivity contribution in [3.8, 4) is 17.0 Å². The van der Waals surface area contributed by atoms with Crippen LogP contribution in [-0.2, 0) is 0 Å². The van der Waals surface area contributed by atoms with Crippen molar-refractivity contribution in [1.29, 1.82) is 0 Å². The number of benzene rings is 1. The molecule has 0 radical (unpaired) electrons. The number of aromatic amines is 1. The van der Waals surface area contributed by atoms with E-state index in [0.717, 1.165) is 36.6 Å². The summed E-state index contributed by atoms with van der Waals surface area (Å²) in [4.78, 5) is 7.64. The highest BCUT2D eigenvalue weighted by Crippen LogP contribution is 2.26. The van der Waals surface area contributed by atoms with E-state index < -0.39 is 6.61 Å². The van der Waals surface area contributed by atoms with Crippen LogP contribution in [0.4, 0.5) is 8.78 Å². The van der Waals surface area contributed by atoms with Crippen molar-refractivity contribution in [3.05, 3.63) is 36.3 Å². The molecule has 3 rings (SSSR count). The van der Waals surface area contributed by atoms with Gasteiger partial charge in [0.05, 0.1) is 11.9 Å². The molecule has 2 aromatic rings. The van der Waals surface area contributed by atoms with E-state index in [1.54, 1.807) is 18.3 Å². The van der Waals surface area contributed by atoms with Crippen molar-refractivity contribution < 1.29 is 13.5 Å². The molecule has 1 unspecified atom stereocenters. The van der Waals surface area contributed by atoms with Crippen molar-refractivity contribution in [2.75, 3.05) is 13.1 Å². The average molecular weight is 279 g/mol. The molecule has 0 aliphatic carbocycles. The van der Waals surface area contributed by atoms with Gasteiger partial charge in [-0.25, -0.2) is 4.98 Å². The largest absolute Gasteiger partial charge is 0.435 e. The van der Waals surface area contributed by atoms with Crippen molar-refractivity contribution >= 4 is 0 Å². The first-order valence-corrected chi connectivity index (χ1v) is 6.53. The maximum atomic E-state index is 12.2. The Labute approximate surface area is 115 Å². The van der Waals surface area contributed by atoms with Gasteiger partial charge in [0, 0.05) is 18.0 Å². The Morgan fingerprint density at radius 3 is 3.00 bits per heavy atom. The number of ether oxygens (including phenoxy) is 1. The monoisotopic (exact) mass is 279 g/mol. The summed E-state index contributed by atoms with van der Waals surface area (Å²) in [6.07, 6.45) is 2.79. The lowest BCUT2D eigenvalue weighted by atomic mass is 10.1. The van der Waals surface area contributed by atoms with Crippen LogP contribution < -0.4 is 10.1 Å². The van der Waals surface area contributed by atoms with Gasteiger partial charge >= 0.3 is 6.61 Å². The van der Waals surface area contributed by atoms with Gasteiger partial charge < -0.3 is 15.0 Å². The van der Waals surface area contributed by atoms with Crippen LogP contribution in [0.5, 0.6) is 5.75 Å². The lowest BCUT2D eigenvalue weighted by molar-refractivity contribution is -0.0498. The number of nitrogens with zero attached hydrogens (tertiary/aromatic N) is 1. The molecular formula is C14H15F2N3O. The van der Waals surface area contributed by atoms with E-state index in [1.807, 2.05) is 6.07 Å². The van der Waals surface area contributed by atoms with E-state index in [0.29, 0.717) is 5.92 Å². The third kappa shape index (κ3) is 2.80. The van der Waals surface area contributed by atoms with Crippen molar-refractivity contribution in [3.63, 3.8) is 0 Å². The van der Waals surface area contributed by atoms with Crippen LogP contribution >= 0.6 is 0 Å². The molecule has 0 spiro atoms. The quantitative estimate of drug-likeness (QED) is 0.904. The molecule has 1 aliphatic heterocycles. The van der Waals surface area contributed by atoms with Crippen LogP contribution in [0.1, 0.15) is 18.2 Å². The molecule has 0 bridgehead atoms. The molecule has 2 heterocycles. The second kappa shape index (κ2) is 5.58. The molecule has 4 nitrogen and oxygen atoms in total. The summed E-state index contributed by atoms with van der Waals surface area (Å²) in [5.41, 5.74) is 1.60. The minimum absolute atomic E-state index is 0.149. The normalized spacial score (nSPS) is 18.6. The average Bonchev–Trinajstić information content (AvgIpc) is 3.09. The fraction of sp³-hybridized carbons (Fsp3) is 0.357. The number of hydrogen-bond donors (Lipinski definition) is 2. The van der Waals surface area contributed by atoms with Crippen molar-refractivity contribution in [2.45, 2.75) is 19.0 Å². The number of nitrogens with one attached hydrogen (secondary N) is 2. The highest BCUT2D eigenvalue weighted by atomic mass is 19.3. The first-order valence-electron chi connectivity index (χ1n) is 6.53. The standard InChI is InChI=1S/C14H15F2N3O/c15-14(16)20-11-3-1-2-9(6-11)12-8-18-13(19-12)10-4-5-17-7-10/h1-3,6,8,10,14,17H,4-5,7H2,(H,18,19). The van der Waals surface area contributed by atoms with Crippen molar-refractivity contribution in [1.82, 2.24) is 15.3 Å².